The van der Waals surface area contributed by atoms with Crippen molar-refractivity contribution in [2.75, 3.05) is 20.1 Å². The minimum absolute atomic E-state index is 0.388. The number of rotatable bonds is 4. The maximum atomic E-state index is 13.8. The fourth-order valence-corrected chi connectivity index (χ4v) is 2.97. The molecule has 0 aliphatic carbocycles. The summed E-state index contributed by atoms with van der Waals surface area (Å²) in [7, 11) is 2.09. The van der Waals surface area contributed by atoms with Crippen LogP contribution in [-0.4, -0.2) is 52.5 Å². The van der Waals surface area contributed by atoms with Crippen LogP contribution in [0, 0.1) is 0 Å². The highest BCUT2D eigenvalue weighted by Gasteiger charge is 2.33. The van der Waals surface area contributed by atoms with E-state index in [-0.39, 0.29) is 5.91 Å². The van der Waals surface area contributed by atoms with Gasteiger partial charge in [-0.1, -0.05) is 6.07 Å². The lowest BCUT2D eigenvalue weighted by Crippen LogP contribution is -2.43. The molecular formula is C17H26FN3O. The summed E-state index contributed by atoms with van der Waals surface area (Å²) in [5.74, 6) is -0.388. The standard InChI is InChI=1S/C17H26FN3O/c1-17(2,18)16(22)21-11-6-8-15(9-12-21)20(3)13-14-7-4-5-10-19-14/h4-5,7,10,15H,6,8-9,11-13H2,1-3H3/t15-/m0/s1. The van der Waals surface area contributed by atoms with E-state index in [1.165, 1.54) is 13.8 Å². The Morgan fingerprint density at radius 2 is 2.18 bits per heavy atom. The van der Waals surface area contributed by atoms with E-state index in [1.54, 1.807) is 11.1 Å². The number of halogens is 1. The van der Waals surface area contributed by atoms with Crippen molar-refractivity contribution in [2.45, 2.75) is 51.4 Å². The van der Waals surface area contributed by atoms with E-state index in [9.17, 15) is 9.18 Å². The maximum Gasteiger partial charge on any atom is 0.259 e. The molecule has 0 aromatic carbocycles. The molecule has 1 amide bonds. The molecule has 22 heavy (non-hydrogen) atoms. The zero-order chi connectivity index (χ0) is 16.2. The summed E-state index contributed by atoms with van der Waals surface area (Å²) in [5.41, 5.74) is -0.730. The highest BCUT2D eigenvalue weighted by atomic mass is 19.1. The first-order valence-electron chi connectivity index (χ1n) is 7.96. The number of hydrogen-bond acceptors (Lipinski definition) is 3. The Morgan fingerprint density at radius 3 is 2.82 bits per heavy atom. The number of likely N-dealkylation sites (tertiary alicyclic amines) is 1. The van der Waals surface area contributed by atoms with Gasteiger partial charge < -0.3 is 4.90 Å². The van der Waals surface area contributed by atoms with Crippen LogP contribution in [0.4, 0.5) is 4.39 Å². The third kappa shape index (κ3) is 4.50. The molecule has 1 aliphatic rings. The largest absolute Gasteiger partial charge is 0.340 e. The quantitative estimate of drug-likeness (QED) is 0.858. The van der Waals surface area contributed by atoms with E-state index in [4.69, 9.17) is 0 Å². The smallest absolute Gasteiger partial charge is 0.259 e. The molecule has 1 aromatic rings. The highest BCUT2D eigenvalue weighted by Crippen LogP contribution is 2.21. The normalized spacial score (nSPS) is 20.0. The number of pyridine rings is 1. The second-order valence-corrected chi connectivity index (χ2v) is 6.59. The Kier molecular flexibility index (Phi) is 5.51. The number of carbonyl (C=O) groups excluding carboxylic acids is 1. The van der Waals surface area contributed by atoms with Gasteiger partial charge in [0.1, 0.15) is 0 Å². The summed E-state index contributed by atoms with van der Waals surface area (Å²) < 4.78 is 13.8. The van der Waals surface area contributed by atoms with Crippen molar-refractivity contribution in [1.29, 1.82) is 0 Å². The number of carbonyl (C=O) groups is 1. The van der Waals surface area contributed by atoms with Crippen molar-refractivity contribution in [3.05, 3.63) is 30.1 Å². The number of aromatic nitrogens is 1. The summed E-state index contributed by atoms with van der Waals surface area (Å²) in [6.45, 7) is 4.76. The Labute approximate surface area is 132 Å². The Hall–Kier alpha value is -1.49. The van der Waals surface area contributed by atoms with Gasteiger partial charge in [0.2, 0.25) is 0 Å². The fourth-order valence-electron chi connectivity index (χ4n) is 2.97. The fraction of sp³-hybridized carbons (Fsp3) is 0.647. The third-order valence-corrected chi connectivity index (χ3v) is 4.25. The molecule has 0 N–H and O–H groups in total. The van der Waals surface area contributed by atoms with Crippen molar-refractivity contribution >= 4 is 5.91 Å². The van der Waals surface area contributed by atoms with E-state index in [0.717, 1.165) is 31.5 Å². The molecule has 1 aliphatic heterocycles. The summed E-state index contributed by atoms with van der Waals surface area (Å²) in [4.78, 5) is 20.4. The number of hydrogen-bond donors (Lipinski definition) is 0. The average molecular weight is 307 g/mol. The van der Waals surface area contributed by atoms with E-state index >= 15 is 0 Å². The summed E-state index contributed by atoms with van der Waals surface area (Å²) in [6, 6.07) is 6.33. The van der Waals surface area contributed by atoms with Crippen LogP contribution in [0.25, 0.3) is 0 Å². The summed E-state index contributed by atoms with van der Waals surface area (Å²) in [6.07, 6.45) is 4.63. The van der Waals surface area contributed by atoms with Crippen LogP contribution >= 0.6 is 0 Å². The maximum absolute atomic E-state index is 13.8. The van der Waals surface area contributed by atoms with Gasteiger partial charge in [0.25, 0.3) is 5.91 Å². The molecule has 0 bridgehead atoms. The Morgan fingerprint density at radius 1 is 1.41 bits per heavy atom. The highest BCUT2D eigenvalue weighted by molar-refractivity contribution is 5.84. The molecule has 2 heterocycles. The summed E-state index contributed by atoms with van der Waals surface area (Å²) >= 11 is 0. The lowest BCUT2D eigenvalue weighted by molar-refractivity contribution is -0.141. The molecule has 0 spiro atoms. The van der Waals surface area contributed by atoms with Gasteiger partial charge in [-0.15, -0.1) is 0 Å². The molecule has 4 nitrogen and oxygen atoms in total. The van der Waals surface area contributed by atoms with Crippen LogP contribution < -0.4 is 0 Å². The average Bonchev–Trinajstić information content (AvgIpc) is 2.72. The van der Waals surface area contributed by atoms with E-state index in [1.807, 2.05) is 18.2 Å². The van der Waals surface area contributed by atoms with Gasteiger partial charge in [-0.3, -0.25) is 14.7 Å². The molecule has 5 heteroatoms. The molecule has 1 fully saturated rings. The second kappa shape index (κ2) is 7.18. The number of alkyl halides is 1. The van der Waals surface area contributed by atoms with E-state index in [0.29, 0.717) is 19.1 Å². The van der Waals surface area contributed by atoms with Gasteiger partial charge in [-0.25, -0.2) is 4.39 Å². The van der Waals surface area contributed by atoms with Crippen molar-refractivity contribution in [1.82, 2.24) is 14.8 Å². The molecule has 0 saturated carbocycles. The molecule has 0 unspecified atom stereocenters. The van der Waals surface area contributed by atoms with Gasteiger partial charge in [0.15, 0.2) is 5.67 Å². The number of amides is 1. The van der Waals surface area contributed by atoms with Gasteiger partial charge in [-0.2, -0.15) is 0 Å². The van der Waals surface area contributed by atoms with Crippen LogP contribution in [0.2, 0.25) is 0 Å². The van der Waals surface area contributed by atoms with Crippen LogP contribution in [0.5, 0.6) is 0 Å². The van der Waals surface area contributed by atoms with Crippen LogP contribution in [-0.2, 0) is 11.3 Å². The first-order valence-corrected chi connectivity index (χ1v) is 7.96. The van der Waals surface area contributed by atoms with Gasteiger partial charge in [0, 0.05) is 31.9 Å². The zero-order valence-corrected chi connectivity index (χ0v) is 13.8. The zero-order valence-electron chi connectivity index (χ0n) is 13.8. The lowest BCUT2D eigenvalue weighted by atomic mass is 10.1. The van der Waals surface area contributed by atoms with Crippen molar-refractivity contribution in [3.8, 4) is 0 Å². The first kappa shape index (κ1) is 16.9. The van der Waals surface area contributed by atoms with Gasteiger partial charge in [0.05, 0.1) is 5.69 Å². The van der Waals surface area contributed by atoms with E-state index < -0.39 is 5.67 Å². The first-order chi connectivity index (χ1) is 10.4. The SMILES string of the molecule is CN(Cc1ccccn1)[C@H]1CCCN(C(=O)C(C)(C)F)CC1. The van der Waals surface area contributed by atoms with Crippen LogP contribution in [0.1, 0.15) is 38.8 Å². The molecular weight excluding hydrogens is 281 g/mol. The minimum Gasteiger partial charge on any atom is -0.340 e. The summed E-state index contributed by atoms with van der Waals surface area (Å²) in [5, 5.41) is 0. The molecule has 1 saturated heterocycles. The molecule has 1 atom stereocenters. The molecule has 1 aromatic heterocycles. The van der Waals surface area contributed by atoms with Crippen molar-refractivity contribution in [3.63, 3.8) is 0 Å². The Bertz CT molecular complexity index is 486. The minimum atomic E-state index is -1.78. The second-order valence-electron chi connectivity index (χ2n) is 6.59. The van der Waals surface area contributed by atoms with Crippen LogP contribution in [0.3, 0.4) is 0 Å². The van der Waals surface area contributed by atoms with Crippen molar-refractivity contribution in [2.24, 2.45) is 0 Å². The predicted molar refractivity (Wildman–Crippen MR) is 85.1 cm³/mol. The lowest BCUT2D eigenvalue weighted by Gasteiger charge is -2.28. The molecule has 0 radical (unpaired) electrons. The molecule has 2 rings (SSSR count). The third-order valence-electron chi connectivity index (χ3n) is 4.25. The molecule has 122 valence electrons. The van der Waals surface area contributed by atoms with Gasteiger partial charge in [-0.05, 0) is 52.3 Å². The predicted octanol–water partition coefficient (Wildman–Crippen LogP) is 2.64. The van der Waals surface area contributed by atoms with Crippen LogP contribution in [0.15, 0.2) is 24.4 Å². The Balaban J connectivity index is 1.91. The van der Waals surface area contributed by atoms with Gasteiger partial charge >= 0.3 is 0 Å². The number of nitrogens with zero attached hydrogens (tertiary/aromatic N) is 3. The van der Waals surface area contributed by atoms with Crippen molar-refractivity contribution < 1.29 is 9.18 Å². The monoisotopic (exact) mass is 307 g/mol. The van der Waals surface area contributed by atoms with E-state index in [2.05, 4.69) is 16.9 Å². The topological polar surface area (TPSA) is 36.4 Å².